The van der Waals surface area contributed by atoms with E-state index in [2.05, 4.69) is 51.3 Å². The highest BCUT2D eigenvalue weighted by molar-refractivity contribution is 7.22. The summed E-state index contributed by atoms with van der Waals surface area (Å²) in [6.45, 7) is 3.25. The first kappa shape index (κ1) is 16.1. The molecule has 0 saturated heterocycles. The summed E-state index contributed by atoms with van der Waals surface area (Å²) in [5.41, 5.74) is 2.43. The van der Waals surface area contributed by atoms with Gasteiger partial charge in [0, 0.05) is 23.0 Å². The molecule has 0 N–H and O–H groups in total. The van der Waals surface area contributed by atoms with Gasteiger partial charge in [-0.3, -0.25) is 0 Å². The molecule has 0 unspecified atom stereocenters. The SMILES string of the molecule is Cc1c(-c2csc(Cc3nnc4n3CCCCC4)n2)sc2ccccc12. The Hall–Kier alpha value is -2.05. The predicted molar refractivity (Wildman–Crippen MR) is 108 cm³/mol. The standard InChI is InChI=1S/C20H20N4S2/c1-13-14-7-4-5-8-16(14)26-20(13)15-12-25-19(21-15)11-18-23-22-17-9-3-2-6-10-24(17)18/h4-5,7-8,12H,2-3,6,9-11H2,1H3. The van der Waals surface area contributed by atoms with Gasteiger partial charge in [-0.05, 0) is 36.8 Å². The molecule has 3 aromatic heterocycles. The van der Waals surface area contributed by atoms with Crippen LogP contribution in [0, 0.1) is 6.92 Å². The summed E-state index contributed by atoms with van der Waals surface area (Å²) in [5, 5.41) is 13.5. The van der Waals surface area contributed by atoms with Crippen molar-refractivity contribution in [2.24, 2.45) is 0 Å². The van der Waals surface area contributed by atoms with E-state index >= 15 is 0 Å². The number of aromatic nitrogens is 4. The number of fused-ring (bicyclic) bond motifs is 2. The van der Waals surface area contributed by atoms with Gasteiger partial charge in [0.15, 0.2) is 0 Å². The molecule has 0 bridgehead atoms. The van der Waals surface area contributed by atoms with Crippen LogP contribution in [0.4, 0.5) is 0 Å². The van der Waals surface area contributed by atoms with Crippen molar-refractivity contribution in [1.29, 1.82) is 0 Å². The molecule has 4 aromatic rings. The zero-order valence-corrected chi connectivity index (χ0v) is 16.4. The molecule has 4 nitrogen and oxygen atoms in total. The third-order valence-electron chi connectivity index (χ3n) is 5.12. The summed E-state index contributed by atoms with van der Waals surface area (Å²) in [6.07, 6.45) is 5.57. The fraction of sp³-hybridized carbons (Fsp3) is 0.350. The first-order valence-electron chi connectivity index (χ1n) is 9.13. The van der Waals surface area contributed by atoms with Gasteiger partial charge in [-0.15, -0.1) is 32.9 Å². The molecule has 0 aliphatic carbocycles. The summed E-state index contributed by atoms with van der Waals surface area (Å²) in [7, 11) is 0. The second-order valence-electron chi connectivity index (χ2n) is 6.85. The minimum Gasteiger partial charge on any atom is -0.315 e. The van der Waals surface area contributed by atoms with Crippen LogP contribution in [0.5, 0.6) is 0 Å². The lowest BCUT2D eigenvalue weighted by Gasteiger charge is -2.05. The third kappa shape index (κ3) is 2.77. The summed E-state index contributed by atoms with van der Waals surface area (Å²) < 4.78 is 3.65. The Morgan fingerprint density at radius 3 is 2.96 bits per heavy atom. The molecular weight excluding hydrogens is 360 g/mol. The van der Waals surface area contributed by atoms with Crippen molar-refractivity contribution < 1.29 is 0 Å². The summed E-state index contributed by atoms with van der Waals surface area (Å²) in [5.74, 6) is 2.21. The highest BCUT2D eigenvalue weighted by Gasteiger charge is 2.17. The van der Waals surface area contributed by atoms with Crippen molar-refractivity contribution >= 4 is 32.8 Å². The topological polar surface area (TPSA) is 43.6 Å². The van der Waals surface area contributed by atoms with E-state index < -0.39 is 0 Å². The maximum atomic E-state index is 4.93. The smallest absolute Gasteiger partial charge is 0.139 e. The van der Waals surface area contributed by atoms with Crippen molar-refractivity contribution in [3.8, 4) is 10.6 Å². The molecule has 0 amide bonds. The van der Waals surface area contributed by atoms with Crippen LogP contribution in [-0.2, 0) is 19.4 Å². The molecule has 1 aliphatic rings. The number of benzene rings is 1. The number of rotatable bonds is 3. The quantitative estimate of drug-likeness (QED) is 0.488. The van der Waals surface area contributed by atoms with Gasteiger partial charge in [0.1, 0.15) is 16.7 Å². The van der Waals surface area contributed by atoms with E-state index in [1.807, 2.05) is 11.3 Å². The lowest BCUT2D eigenvalue weighted by molar-refractivity contribution is 0.611. The molecule has 0 atom stereocenters. The normalized spacial score (nSPS) is 14.5. The maximum Gasteiger partial charge on any atom is 0.139 e. The number of aryl methyl sites for hydroxylation is 2. The average molecular weight is 381 g/mol. The number of thiophene rings is 1. The van der Waals surface area contributed by atoms with Crippen molar-refractivity contribution in [3.05, 3.63) is 51.9 Å². The number of nitrogens with zero attached hydrogens (tertiary/aromatic N) is 4. The molecular formula is C20H20N4S2. The monoisotopic (exact) mass is 380 g/mol. The average Bonchev–Trinajstić information content (AvgIpc) is 3.30. The Balaban J connectivity index is 1.45. The minimum absolute atomic E-state index is 0.779. The van der Waals surface area contributed by atoms with E-state index in [9.17, 15) is 0 Å². The number of hydrogen-bond acceptors (Lipinski definition) is 5. The number of hydrogen-bond donors (Lipinski definition) is 0. The molecule has 0 spiro atoms. The van der Waals surface area contributed by atoms with E-state index in [1.54, 1.807) is 11.3 Å². The molecule has 132 valence electrons. The Bertz CT molecular complexity index is 1070. The van der Waals surface area contributed by atoms with Crippen LogP contribution in [0.25, 0.3) is 20.7 Å². The summed E-state index contributed by atoms with van der Waals surface area (Å²) in [6, 6.07) is 8.60. The van der Waals surface area contributed by atoms with Gasteiger partial charge < -0.3 is 4.57 Å². The fourth-order valence-electron chi connectivity index (χ4n) is 3.73. The zero-order chi connectivity index (χ0) is 17.5. The van der Waals surface area contributed by atoms with Crippen LogP contribution in [0.2, 0.25) is 0 Å². The van der Waals surface area contributed by atoms with E-state index in [4.69, 9.17) is 4.98 Å². The first-order valence-corrected chi connectivity index (χ1v) is 10.8. The highest BCUT2D eigenvalue weighted by atomic mass is 32.1. The third-order valence-corrected chi connectivity index (χ3v) is 7.27. The van der Waals surface area contributed by atoms with Gasteiger partial charge in [-0.2, -0.15) is 0 Å². The minimum atomic E-state index is 0.779. The Morgan fingerprint density at radius 2 is 2.04 bits per heavy atom. The lowest BCUT2D eigenvalue weighted by Crippen LogP contribution is -2.06. The molecule has 1 aromatic carbocycles. The van der Waals surface area contributed by atoms with Gasteiger partial charge in [0.05, 0.1) is 17.0 Å². The molecule has 4 heterocycles. The van der Waals surface area contributed by atoms with Crippen LogP contribution >= 0.6 is 22.7 Å². The zero-order valence-electron chi connectivity index (χ0n) is 14.7. The van der Waals surface area contributed by atoms with Gasteiger partial charge in [0.2, 0.25) is 0 Å². The van der Waals surface area contributed by atoms with Crippen molar-refractivity contribution in [2.75, 3.05) is 0 Å². The Morgan fingerprint density at radius 1 is 1.12 bits per heavy atom. The Labute approximate surface area is 160 Å². The summed E-state index contributed by atoms with van der Waals surface area (Å²) in [4.78, 5) is 6.22. The largest absolute Gasteiger partial charge is 0.315 e. The van der Waals surface area contributed by atoms with E-state index in [1.165, 1.54) is 39.8 Å². The van der Waals surface area contributed by atoms with Crippen LogP contribution in [0.15, 0.2) is 29.6 Å². The molecule has 1 aliphatic heterocycles. The second kappa shape index (κ2) is 6.59. The van der Waals surface area contributed by atoms with Crippen molar-refractivity contribution in [1.82, 2.24) is 19.7 Å². The molecule has 26 heavy (non-hydrogen) atoms. The van der Waals surface area contributed by atoms with Crippen molar-refractivity contribution in [2.45, 2.75) is 45.6 Å². The van der Waals surface area contributed by atoms with Crippen LogP contribution < -0.4 is 0 Å². The van der Waals surface area contributed by atoms with Crippen molar-refractivity contribution in [3.63, 3.8) is 0 Å². The van der Waals surface area contributed by atoms with Gasteiger partial charge in [-0.1, -0.05) is 24.6 Å². The first-order chi connectivity index (χ1) is 12.8. The van der Waals surface area contributed by atoms with E-state index in [0.717, 1.165) is 41.7 Å². The molecule has 6 heteroatoms. The van der Waals surface area contributed by atoms with E-state index in [0.29, 0.717) is 0 Å². The van der Waals surface area contributed by atoms with Crippen LogP contribution in [0.1, 0.15) is 41.5 Å². The van der Waals surface area contributed by atoms with Crippen LogP contribution in [-0.4, -0.2) is 19.7 Å². The molecule has 0 saturated carbocycles. The van der Waals surface area contributed by atoms with Gasteiger partial charge in [-0.25, -0.2) is 4.98 Å². The Kier molecular flexibility index (Phi) is 4.10. The lowest BCUT2D eigenvalue weighted by atomic mass is 10.1. The van der Waals surface area contributed by atoms with Crippen LogP contribution in [0.3, 0.4) is 0 Å². The predicted octanol–water partition coefficient (Wildman–Crippen LogP) is 5.24. The molecule has 0 radical (unpaired) electrons. The second-order valence-corrected chi connectivity index (χ2v) is 8.85. The van der Waals surface area contributed by atoms with Gasteiger partial charge in [0.25, 0.3) is 0 Å². The van der Waals surface area contributed by atoms with Gasteiger partial charge >= 0.3 is 0 Å². The molecule has 5 rings (SSSR count). The van der Waals surface area contributed by atoms with E-state index in [-0.39, 0.29) is 0 Å². The molecule has 0 fully saturated rings. The maximum absolute atomic E-state index is 4.93. The number of thiazole rings is 1. The highest BCUT2D eigenvalue weighted by Crippen LogP contribution is 2.38. The fourth-order valence-corrected chi connectivity index (χ4v) is 5.75. The summed E-state index contributed by atoms with van der Waals surface area (Å²) >= 11 is 3.57.